The molecule has 1 saturated heterocycles. The summed E-state index contributed by atoms with van der Waals surface area (Å²) in [5.41, 5.74) is 0.942. The van der Waals surface area contributed by atoms with Crippen molar-refractivity contribution in [1.29, 1.82) is 0 Å². The maximum atomic E-state index is 12.6. The van der Waals surface area contributed by atoms with Crippen LogP contribution in [-0.4, -0.2) is 35.1 Å². The molecule has 1 aromatic rings. The van der Waals surface area contributed by atoms with Crippen molar-refractivity contribution in [2.75, 3.05) is 13.2 Å². The Morgan fingerprint density at radius 1 is 1.18 bits per heavy atom. The predicted octanol–water partition coefficient (Wildman–Crippen LogP) is 2.13. The molecular formula is C17H24N2O3. The quantitative estimate of drug-likeness (QED) is 0.837. The van der Waals surface area contributed by atoms with Gasteiger partial charge >= 0.3 is 6.03 Å². The molecule has 0 radical (unpaired) electrons. The van der Waals surface area contributed by atoms with Gasteiger partial charge in [-0.1, -0.05) is 45.0 Å². The molecule has 0 spiro atoms. The highest BCUT2D eigenvalue weighted by Crippen LogP contribution is 2.31. The lowest BCUT2D eigenvalue weighted by Gasteiger charge is -2.24. The molecule has 120 valence electrons. The zero-order chi connectivity index (χ0) is 16.5. The number of hydrogen-bond acceptors (Lipinski definition) is 3. The Labute approximate surface area is 131 Å². The van der Waals surface area contributed by atoms with Gasteiger partial charge in [0.1, 0.15) is 5.54 Å². The van der Waals surface area contributed by atoms with Crippen LogP contribution in [0.25, 0.3) is 0 Å². The monoisotopic (exact) mass is 304 g/mol. The largest absolute Gasteiger partial charge is 0.396 e. The van der Waals surface area contributed by atoms with Crippen LogP contribution >= 0.6 is 0 Å². The van der Waals surface area contributed by atoms with E-state index in [4.69, 9.17) is 5.11 Å². The summed E-state index contributed by atoms with van der Waals surface area (Å²) >= 11 is 0. The van der Waals surface area contributed by atoms with Gasteiger partial charge in [-0.15, -0.1) is 0 Å². The minimum Gasteiger partial charge on any atom is -0.396 e. The van der Waals surface area contributed by atoms with Crippen molar-refractivity contribution in [3.05, 3.63) is 35.4 Å². The second kappa shape index (κ2) is 5.72. The molecular weight excluding hydrogens is 280 g/mol. The Hall–Kier alpha value is -1.88. The molecule has 0 aliphatic carbocycles. The second-order valence-electron chi connectivity index (χ2n) is 6.92. The van der Waals surface area contributed by atoms with Crippen molar-refractivity contribution in [1.82, 2.24) is 10.2 Å². The van der Waals surface area contributed by atoms with E-state index in [1.165, 1.54) is 10.5 Å². The van der Waals surface area contributed by atoms with Gasteiger partial charge in [0, 0.05) is 13.2 Å². The normalized spacial score (nSPS) is 22.1. The van der Waals surface area contributed by atoms with Crippen LogP contribution in [0.4, 0.5) is 4.79 Å². The predicted molar refractivity (Wildman–Crippen MR) is 84.4 cm³/mol. The molecule has 1 aliphatic heterocycles. The first kappa shape index (κ1) is 16.5. The highest BCUT2D eigenvalue weighted by molar-refractivity contribution is 6.07. The van der Waals surface area contributed by atoms with Gasteiger partial charge in [-0.2, -0.15) is 0 Å². The number of benzene rings is 1. The second-order valence-corrected chi connectivity index (χ2v) is 6.92. The topological polar surface area (TPSA) is 69.6 Å². The Morgan fingerprint density at radius 3 is 2.27 bits per heavy atom. The third-order valence-corrected chi connectivity index (χ3v) is 4.14. The van der Waals surface area contributed by atoms with Crippen LogP contribution in [0.3, 0.4) is 0 Å². The SMILES string of the molecule is CC(C)(C)c1ccc(C2(C)NC(=O)N(CCCO)C2=O)cc1. The fourth-order valence-corrected chi connectivity index (χ4v) is 2.63. The number of aliphatic hydroxyl groups is 1. The summed E-state index contributed by atoms with van der Waals surface area (Å²) in [5.74, 6) is -0.269. The average molecular weight is 304 g/mol. The van der Waals surface area contributed by atoms with Gasteiger partial charge in [-0.3, -0.25) is 9.69 Å². The maximum absolute atomic E-state index is 12.6. The highest BCUT2D eigenvalue weighted by Gasteiger charge is 2.48. The van der Waals surface area contributed by atoms with Gasteiger partial charge in [-0.05, 0) is 29.9 Å². The number of amides is 3. The molecule has 2 N–H and O–H groups in total. The van der Waals surface area contributed by atoms with E-state index in [-0.39, 0.29) is 24.5 Å². The molecule has 5 heteroatoms. The fourth-order valence-electron chi connectivity index (χ4n) is 2.63. The highest BCUT2D eigenvalue weighted by atomic mass is 16.3. The van der Waals surface area contributed by atoms with E-state index < -0.39 is 11.6 Å². The van der Waals surface area contributed by atoms with E-state index in [9.17, 15) is 9.59 Å². The van der Waals surface area contributed by atoms with Crippen LogP contribution in [0.2, 0.25) is 0 Å². The molecule has 1 aliphatic rings. The van der Waals surface area contributed by atoms with E-state index in [1.54, 1.807) is 6.92 Å². The van der Waals surface area contributed by atoms with Crippen molar-refractivity contribution >= 4 is 11.9 Å². The van der Waals surface area contributed by atoms with E-state index in [0.29, 0.717) is 6.42 Å². The van der Waals surface area contributed by atoms with Crippen molar-refractivity contribution in [3.63, 3.8) is 0 Å². The first-order valence-electron chi connectivity index (χ1n) is 7.56. The number of imide groups is 1. The van der Waals surface area contributed by atoms with Crippen molar-refractivity contribution < 1.29 is 14.7 Å². The first-order chi connectivity index (χ1) is 10.2. The molecule has 1 heterocycles. The lowest BCUT2D eigenvalue weighted by molar-refractivity contribution is -0.131. The number of rotatable bonds is 4. The van der Waals surface area contributed by atoms with Crippen LogP contribution in [0, 0.1) is 0 Å². The molecule has 1 fully saturated rings. The summed E-state index contributed by atoms with van der Waals surface area (Å²) in [6.45, 7) is 8.29. The number of nitrogens with one attached hydrogen (secondary N) is 1. The molecule has 0 bridgehead atoms. The van der Waals surface area contributed by atoms with Crippen LogP contribution in [0.5, 0.6) is 0 Å². The summed E-state index contributed by atoms with van der Waals surface area (Å²) in [5, 5.41) is 11.7. The van der Waals surface area contributed by atoms with Gasteiger partial charge in [0.2, 0.25) is 0 Å². The summed E-state index contributed by atoms with van der Waals surface area (Å²) in [4.78, 5) is 25.8. The molecule has 22 heavy (non-hydrogen) atoms. The Bertz CT molecular complexity index is 575. The number of hydrogen-bond donors (Lipinski definition) is 2. The van der Waals surface area contributed by atoms with Crippen molar-refractivity contribution in [2.45, 2.75) is 45.1 Å². The number of aliphatic hydroxyl groups excluding tert-OH is 1. The zero-order valence-electron chi connectivity index (χ0n) is 13.6. The molecule has 1 atom stereocenters. The standard InChI is InChI=1S/C17H24N2O3/c1-16(2,3)12-6-8-13(9-7-12)17(4)14(21)19(10-5-11-20)15(22)18-17/h6-9,20H,5,10-11H2,1-4H3,(H,18,22). The van der Waals surface area contributed by atoms with Crippen LogP contribution < -0.4 is 5.32 Å². The van der Waals surface area contributed by atoms with Gasteiger partial charge in [0.15, 0.2) is 0 Å². The third kappa shape index (κ3) is 2.86. The van der Waals surface area contributed by atoms with Gasteiger partial charge in [0.05, 0.1) is 0 Å². The maximum Gasteiger partial charge on any atom is 0.325 e. The summed E-state index contributed by atoms with van der Waals surface area (Å²) in [7, 11) is 0. The van der Waals surface area contributed by atoms with Crippen molar-refractivity contribution in [2.24, 2.45) is 0 Å². The molecule has 1 aromatic carbocycles. The van der Waals surface area contributed by atoms with Gasteiger partial charge < -0.3 is 10.4 Å². The molecule has 5 nitrogen and oxygen atoms in total. The first-order valence-corrected chi connectivity index (χ1v) is 7.56. The third-order valence-electron chi connectivity index (χ3n) is 4.14. The molecule has 2 rings (SSSR count). The molecule has 0 aromatic heterocycles. The Kier molecular flexibility index (Phi) is 4.29. The Morgan fingerprint density at radius 2 is 1.77 bits per heavy atom. The zero-order valence-corrected chi connectivity index (χ0v) is 13.6. The summed E-state index contributed by atoms with van der Waals surface area (Å²) in [6, 6.07) is 7.39. The lowest BCUT2D eigenvalue weighted by atomic mass is 9.84. The Balaban J connectivity index is 2.28. The van der Waals surface area contributed by atoms with E-state index in [1.807, 2.05) is 24.3 Å². The smallest absolute Gasteiger partial charge is 0.325 e. The minimum atomic E-state index is -1.04. The van der Waals surface area contributed by atoms with E-state index in [2.05, 4.69) is 26.1 Å². The number of carbonyl (C=O) groups excluding carboxylic acids is 2. The fraction of sp³-hybridized carbons (Fsp3) is 0.529. The molecule has 0 saturated carbocycles. The number of nitrogens with zero attached hydrogens (tertiary/aromatic N) is 1. The molecule has 1 unspecified atom stereocenters. The summed E-state index contributed by atoms with van der Waals surface area (Å²) in [6.07, 6.45) is 0.387. The molecule has 3 amide bonds. The lowest BCUT2D eigenvalue weighted by Crippen LogP contribution is -2.41. The van der Waals surface area contributed by atoms with Crippen LogP contribution in [0.15, 0.2) is 24.3 Å². The number of urea groups is 1. The minimum absolute atomic E-state index is 0.0372. The van der Waals surface area contributed by atoms with Crippen LogP contribution in [0.1, 0.15) is 45.2 Å². The average Bonchev–Trinajstić information content (AvgIpc) is 2.67. The van der Waals surface area contributed by atoms with Gasteiger partial charge in [0.25, 0.3) is 5.91 Å². The van der Waals surface area contributed by atoms with Crippen molar-refractivity contribution in [3.8, 4) is 0 Å². The number of carbonyl (C=O) groups is 2. The van der Waals surface area contributed by atoms with E-state index >= 15 is 0 Å². The van der Waals surface area contributed by atoms with Crippen LogP contribution in [-0.2, 0) is 15.7 Å². The summed E-state index contributed by atoms with van der Waals surface area (Å²) < 4.78 is 0. The van der Waals surface area contributed by atoms with E-state index in [0.717, 1.165) is 5.56 Å². The van der Waals surface area contributed by atoms with Gasteiger partial charge in [-0.25, -0.2) is 4.79 Å².